The molecule has 0 bridgehead atoms. The fourth-order valence-corrected chi connectivity index (χ4v) is 4.74. The fraction of sp³-hybridized carbons (Fsp3) is 0.304. The van der Waals surface area contributed by atoms with Crippen LogP contribution in [0.1, 0.15) is 35.7 Å². The van der Waals surface area contributed by atoms with Gasteiger partial charge in [0, 0.05) is 28.9 Å². The average Bonchev–Trinajstić information content (AvgIpc) is 3.18. The lowest BCUT2D eigenvalue weighted by atomic mass is 9.87. The van der Waals surface area contributed by atoms with E-state index in [2.05, 4.69) is 22.4 Å². The molecule has 1 atom stereocenters. The number of amides is 2. The first-order valence-electron chi connectivity index (χ1n) is 9.94. The van der Waals surface area contributed by atoms with Gasteiger partial charge in [-0.05, 0) is 61.6 Å². The number of carbonyl (C=O) groups excluding carboxylic acids is 1. The van der Waals surface area contributed by atoms with Crippen molar-refractivity contribution in [2.45, 2.75) is 32.2 Å². The molecule has 2 N–H and O–H groups in total. The summed E-state index contributed by atoms with van der Waals surface area (Å²) in [5.74, 6) is 0. The maximum absolute atomic E-state index is 13.1. The van der Waals surface area contributed by atoms with Crippen LogP contribution in [0.2, 0.25) is 0 Å². The lowest BCUT2D eigenvalue weighted by molar-refractivity contribution is 0.155. The summed E-state index contributed by atoms with van der Waals surface area (Å²) in [5.41, 5.74) is 5.27. The molecular formula is C23H25N3O2S. The Morgan fingerprint density at radius 2 is 2.03 bits per heavy atom. The Bertz CT molecular complexity index is 984. The number of nitrogens with zero attached hydrogens (tertiary/aromatic N) is 2. The number of benzene rings is 2. The molecule has 2 amide bonds. The molecule has 1 aliphatic rings. The molecule has 0 saturated heterocycles. The summed E-state index contributed by atoms with van der Waals surface area (Å²) in [6.45, 7) is 2.23. The second-order valence-corrected chi connectivity index (χ2v) is 8.18. The van der Waals surface area contributed by atoms with Gasteiger partial charge in [-0.2, -0.15) is 0 Å². The van der Waals surface area contributed by atoms with Crippen molar-refractivity contribution in [3.05, 3.63) is 70.7 Å². The predicted octanol–water partition coefficient (Wildman–Crippen LogP) is 5.02. The predicted molar refractivity (Wildman–Crippen MR) is 117 cm³/mol. The molecule has 0 aliphatic heterocycles. The molecule has 29 heavy (non-hydrogen) atoms. The summed E-state index contributed by atoms with van der Waals surface area (Å²) in [4.78, 5) is 19.3. The molecule has 5 nitrogen and oxygen atoms in total. The first-order chi connectivity index (χ1) is 14.2. The summed E-state index contributed by atoms with van der Waals surface area (Å²) in [6.07, 6.45) is 2.99. The maximum Gasteiger partial charge on any atom is 0.322 e. The van der Waals surface area contributed by atoms with Gasteiger partial charge >= 0.3 is 6.03 Å². The largest absolute Gasteiger partial charge is 0.395 e. The SMILES string of the molecule is Cc1csc(-c2ccc(NC(=O)N(CCO)C3CCCc4ccccc43)cc2)n1. The lowest BCUT2D eigenvalue weighted by Gasteiger charge is -2.35. The number of anilines is 1. The number of rotatable bonds is 5. The topological polar surface area (TPSA) is 65.5 Å². The minimum atomic E-state index is -0.182. The van der Waals surface area contributed by atoms with E-state index < -0.39 is 0 Å². The number of hydrogen-bond acceptors (Lipinski definition) is 4. The quantitative estimate of drug-likeness (QED) is 0.624. The molecule has 6 heteroatoms. The second-order valence-electron chi connectivity index (χ2n) is 7.33. The van der Waals surface area contributed by atoms with Gasteiger partial charge in [-0.15, -0.1) is 11.3 Å². The molecule has 2 aromatic carbocycles. The highest BCUT2D eigenvalue weighted by molar-refractivity contribution is 7.13. The highest BCUT2D eigenvalue weighted by atomic mass is 32.1. The minimum Gasteiger partial charge on any atom is -0.395 e. The van der Waals surface area contributed by atoms with Gasteiger partial charge in [-0.3, -0.25) is 0 Å². The molecular weight excluding hydrogens is 382 g/mol. The van der Waals surface area contributed by atoms with Crippen LogP contribution in [0.3, 0.4) is 0 Å². The van der Waals surface area contributed by atoms with Gasteiger partial charge in [0.15, 0.2) is 0 Å². The molecule has 1 aliphatic carbocycles. The fourth-order valence-electron chi connectivity index (χ4n) is 3.94. The average molecular weight is 408 g/mol. The molecule has 3 aromatic rings. The van der Waals surface area contributed by atoms with E-state index in [9.17, 15) is 9.90 Å². The van der Waals surface area contributed by atoms with Crippen molar-refractivity contribution >= 4 is 23.1 Å². The van der Waals surface area contributed by atoms with Gasteiger partial charge in [0.1, 0.15) is 5.01 Å². The van der Waals surface area contributed by atoms with Gasteiger partial charge < -0.3 is 15.3 Å². The number of aliphatic hydroxyl groups excluding tert-OH is 1. The number of thiazole rings is 1. The van der Waals surface area contributed by atoms with Crippen molar-refractivity contribution in [1.29, 1.82) is 0 Å². The minimum absolute atomic E-state index is 0.00957. The third kappa shape index (κ3) is 4.33. The molecule has 1 heterocycles. The van der Waals surface area contributed by atoms with Gasteiger partial charge in [0.25, 0.3) is 0 Å². The van der Waals surface area contributed by atoms with Crippen LogP contribution in [0.4, 0.5) is 10.5 Å². The first-order valence-corrected chi connectivity index (χ1v) is 10.8. The van der Waals surface area contributed by atoms with Crippen molar-refractivity contribution in [1.82, 2.24) is 9.88 Å². The highest BCUT2D eigenvalue weighted by Gasteiger charge is 2.28. The molecule has 0 spiro atoms. The van der Waals surface area contributed by atoms with Gasteiger partial charge in [0.2, 0.25) is 0 Å². The monoisotopic (exact) mass is 407 g/mol. The summed E-state index contributed by atoms with van der Waals surface area (Å²) >= 11 is 1.61. The number of urea groups is 1. The van der Waals surface area contributed by atoms with E-state index in [0.717, 1.165) is 41.2 Å². The highest BCUT2D eigenvalue weighted by Crippen LogP contribution is 2.34. The number of fused-ring (bicyclic) bond motifs is 1. The van der Waals surface area contributed by atoms with E-state index >= 15 is 0 Å². The number of nitrogens with one attached hydrogen (secondary N) is 1. The number of aromatic nitrogens is 1. The van der Waals surface area contributed by atoms with E-state index in [1.807, 2.05) is 48.7 Å². The van der Waals surface area contributed by atoms with Crippen molar-refractivity contribution in [3.63, 3.8) is 0 Å². The van der Waals surface area contributed by atoms with E-state index in [-0.39, 0.29) is 18.7 Å². The van der Waals surface area contributed by atoms with E-state index in [1.165, 1.54) is 11.1 Å². The third-order valence-corrected chi connectivity index (χ3v) is 6.33. The van der Waals surface area contributed by atoms with E-state index in [1.54, 1.807) is 16.2 Å². The number of carbonyl (C=O) groups is 1. The van der Waals surface area contributed by atoms with Crippen molar-refractivity contribution in [2.75, 3.05) is 18.5 Å². The van der Waals surface area contributed by atoms with Crippen molar-refractivity contribution < 1.29 is 9.90 Å². The first kappa shape index (κ1) is 19.6. The number of hydrogen-bond donors (Lipinski definition) is 2. The van der Waals surface area contributed by atoms with Gasteiger partial charge in [-0.1, -0.05) is 24.3 Å². The third-order valence-electron chi connectivity index (χ3n) is 5.32. The van der Waals surface area contributed by atoms with Crippen LogP contribution in [0, 0.1) is 6.92 Å². The Morgan fingerprint density at radius 1 is 1.24 bits per heavy atom. The molecule has 1 aromatic heterocycles. The van der Waals surface area contributed by atoms with Gasteiger partial charge in [-0.25, -0.2) is 9.78 Å². The second kappa shape index (κ2) is 8.76. The maximum atomic E-state index is 13.1. The van der Waals surface area contributed by atoms with E-state index in [4.69, 9.17) is 0 Å². The standard InChI is InChI=1S/C23H25N3O2S/c1-16-15-29-22(24-16)18-9-11-19(12-10-18)25-23(28)26(13-14-27)21-8-4-6-17-5-2-3-7-20(17)21/h2-3,5,7,9-12,15,21,27H,4,6,8,13-14H2,1H3,(H,25,28). The van der Waals surface area contributed by atoms with Crippen molar-refractivity contribution in [3.8, 4) is 10.6 Å². The molecule has 0 radical (unpaired) electrons. The Labute approximate surface area is 175 Å². The van der Waals surface area contributed by atoms with Crippen LogP contribution in [0.5, 0.6) is 0 Å². The Morgan fingerprint density at radius 3 is 2.76 bits per heavy atom. The molecule has 4 rings (SSSR count). The lowest BCUT2D eigenvalue weighted by Crippen LogP contribution is -2.41. The smallest absolute Gasteiger partial charge is 0.322 e. The zero-order chi connectivity index (χ0) is 20.2. The Hall–Kier alpha value is -2.70. The molecule has 150 valence electrons. The Kier molecular flexibility index (Phi) is 5.92. The summed E-state index contributed by atoms with van der Waals surface area (Å²) < 4.78 is 0. The zero-order valence-electron chi connectivity index (χ0n) is 16.5. The molecule has 1 unspecified atom stereocenters. The summed E-state index contributed by atoms with van der Waals surface area (Å²) in [6, 6.07) is 15.8. The van der Waals surface area contributed by atoms with Gasteiger partial charge in [0.05, 0.1) is 12.6 Å². The van der Waals surface area contributed by atoms with Crippen LogP contribution in [0.25, 0.3) is 10.6 Å². The summed E-state index contributed by atoms with van der Waals surface area (Å²) in [5, 5.41) is 15.6. The van der Waals surface area contributed by atoms with Crippen LogP contribution in [0.15, 0.2) is 53.9 Å². The molecule has 0 saturated carbocycles. The van der Waals surface area contributed by atoms with Crippen molar-refractivity contribution in [2.24, 2.45) is 0 Å². The zero-order valence-corrected chi connectivity index (χ0v) is 17.3. The van der Waals surface area contributed by atoms with Crippen LogP contribution in [-0.2, 0) is 6.42 Å². The normalized spacial score (nSPS) is 15.6. The summed E-state index contributed by atoms with van der Waals surface area (Å²) in [7, 11) is 0. The van der Waals surface area contributed by atoms with Crippen LogP contribution >= 0.6 is 11.3 Å². The van der Waals surface area contributed by atoms with Crippen LogP contribution < -0.4 is 5.32 Å². The Balaban J connectivity index is 1.51. The van der Waals surface area contributed by atoms with Crippen LogP contribution in [-0.4, -0.2) is 34.2 Å². The molecule has 0 fully saturated rings. The number of aliphatic hydroxyl groups is 1. The number of aryl methyl sites for hydroxylation is 2. The van der Waals surface area contributed by atoms with E-state index in [0.29, 0.717) is 6.54 Å².